The Morgan fingerprint density at radius 1 is 1.25 bits per heavy atom. The molecule has 0 unspecified atom stereocenters. The lowest BCUT2D eigenvalue weighted by Gasteiger charge is -2.28. The SMILES string of the molecule is CN=C(NCCNS(=O)(=O)c1cccc([N+](=O)[O-])c1)NC1CCC(C)CC1.I. The lowest BCUT2D eigenvalue weighted by molar-refractivity contribution is -0.385. The molecule has 0 spiro atoms. The second-order valence-corrected chi connectivity index (χ2v) is 8.52. The van der Waals surface area contributed by atoms with Crippen molar-refractivity contribution in [2.24, 2.45) is 10.9 Å². The molecule has 0 amide bonds. The number of benzene rings is 1. The van der Waals surface area contributed by atoms with Crippen LogP contribution in [0.25, 0.3) is 0 Å². The van der Waals surface area contributed by atoms with Crippen LogP contribution in [0.3, 0.4) is 0 Å². The van der Waals surface area contributed by atoms with E-state index in [1.807, 2.05) is 0 Å². The van der Waals surface area contributed by atoms with Crippen molar-refractivity contribution in [3.63, 3.8) is 0 Å². The number of nitrogens with one attached hydrogen (secondary N) is 3. The van der Waals surface area contributed by atoms with Gasteiger partial charge in [-0.1, -0.05) is 13.0 Å². The van der Waals surface area contributed by atoms with E-state index in [9.17, 15) is 18.5 Å². The highest BCUT2D eigenvalue weighted by Crippen LogP contribution is 2.23. The number of sulfonamides is 1. The summed E-state index contributed by atoms with van der Waals surface area (Å²) in [6, 6.07) is 5.35. The molecule has 158 valence electrons. The molecule has 0 radical (unpaired) electrons. The van der Waals surface area contributed by atoms with E-state index in [0.717, 1.165) is 24.8 Å². The maximum atomic E-state index is 12.3. The summed E-state index contributed by atoms with van der Waals surface area (Å²) in [6.07, 6.45) is 4.58. The van der Waals surface area contributed by atoms with E-state index in [0.29, 0.717) is 18.5 Å². The summed E-state index contributed by atoms with van der Waals surface area (Å²) >= 11 is 0. The van der Waals surface area contributed by atoms with Crippen LogP contribution < -0.4 is 15.4 Å². The van der Waals surface area contributed by atoms with Gasteiger partial charge in [0, 0.05) is 38.3 Å². The average Bonchev–Trinajstić information content (AvgIpc) is 2.66. The molecule has 28 heavy (non-hydrogen) atoms. The van der Waals surface area contributed by atoms with E-state index < -0.39 is 14.9 Å². The van der Waals surface area contributed by atoms with Gasteiger partial charge >= 0.3 is 0 Å². The smallest absolute Gasteiger partial charge is 0.270 e. The Morgan fingerprint density at radius 3 is 2.54 bits per heavy atom. The Morgan fingerprint density at radius 2 is 1.93 bits per heavy atom. The number of nitrogens with zero attached hydrogens (tertiary/aromatic N) is 2. The molecule has 1 aromatic carbocycles. The van der Waals surface area contributed by atoms with Crippen LogP contribution in [0.1, 0.15) is 32.6 Å². The van der Waals surface area contributed by atoms with Crippen molar-refractivity contribution >= 4 is 45.6 Å². The predicted octanol–water partition coefficient (Wildman–Crippen LogP) is 2.23. The van der Waals surface area contributed by atoms with Crippen molar-refractivity contribution in [2.45, 2.75) is 43.5 Å². The third kappa shape index (κ3) is 7.51. The normalized spacial score (nSPS) is 20.1. The molecule has 1 aliphatic carbocycles. The summed E-state index contributed by atoms with van der Waals surface area (Å²) in [6.45, 7) is 2.74. The largest absolute Gasteiger partial charge is 0.355 e. The summed E-state index contributed by atoms with van der Waals surface area (Å²) in [4.78, 5) is 14.2. The highest BCUT2D eigenvalue weighted by Gasteiger charge is 2.19. The van der Waals surface area contributed by atoms with Gasteiger partial charge in [-0.25, -0.2) is 13.1 Å². The Kier molecular flexibility index (Phi) is 10.1. The van der Waals surface area contributed by atoms with Crippen molar-refractivity contribution in [3.05, 3.63) is 34.4 Å². The van der Waals surface area contributed by atoms with Gasteiger partial charge in [-0.05, 0) is 37.7 Å². The van der Waals surface area contributed by atoms with E-state index in [-0.39, 0.29) is 41.1 Å². The molecule has 0 aliphatic heterocycles. The zero-order valence-electron chi connectivity index (χ0n) is 16.1. The van der Waals surface area contributed by atoms with Gasteiger partial charge in [0.05, 0.1) is 9.82 Å². The Bertz CT molecular complexity index is 780. The van der Waals surface area contributed by atoms with Crippen molar-refractivity contribution in [1.29, 1.82) is 0 Å². The van der Waals surface area contributed by atoms with E-state index in [4.69, 9.17) is 0 Å². The van der Waals surface area contributed by atoms with Crippen LogP contribution in [0.5, 0.6) is 0 Å². The summed E-state index contributed by atoms with van der Waals surface area (Å²) in [5, 5.41) is 17.2. The number of halogens is 1. The number of nitro groups is 1. The minimum absolute atomic E-state index is 0. The third-order valence-corrected chi connectivity index (χ3v) is 6.09. The molecule has 1 saturated carbocycles. The minimum atomic E-state index is -3.81. The molecule has 3 N–H and O–H groups in total. The maximum Gasteiger partial charge on any atom is 0.270 e. The number of non-ortho nitro benzene ring substituents is 1. The molecule has 1 aromatic rings. The summed E-state index contributed by atoms with van der Waals surface area (Å²) in [5.41, 5.74) is -0.262. The fourth-order valence-corrected chi connectivity index (χ4v) is 4.08. The van der Waals surface area contributed by atoms with Crippen molar-refractivity contribution in [1.82, 2.24) is 15.4 Å². The summed E-state index contributed by atoms with van der Waals surface area (Å²) in [5.74, 6) is 1.41. The number of guanidine groups is 1. The first-order valence-corrected chi connectivity index (χ1v) is 10.5. The topological polar surface area (TPSA) is 126 Å². The highest BCUT2D eigenvalue weighted by molar-refractivity contribution is 14.0. The molecule has 9 nitrogen and oxygen atoms in total. The fraction of sp³-hybridized carbons (Fsp3) is 0.588. The molecular weight excluding hydrogens is 497 g/mol. The molecule has 11 heteroatoms. The lowest BCUT2D eigenvalue weighted by Crippen LogP contribution is -2.46. The average molecular weight is 525 g/mol. The first kappa shape index (κ1) is 24.6. The van der Waals surface area contributed by atoms with Gasteiger partial charge in [-0.15, -0.1) is 24.0 Å². The van der Waals surface area contributed by atoms with Crippen molar-refractivity contribution in [2.75, 3.05) is 20.1 Å². The summed E-state index contributed by atoms with van der Waals surface area (Å²) in [7, 11) is -2.13. The van der Waals surface area contributed by atoms with Crippen LogP contribution in [-0.2, 0) is 10.0 Å². The standard InChI is InChI=1S/C17H27N5O4S.HI/c1-13-6-8-14(9-7-13)21-17(18-2)19-10-11-20-27(25,26)16-5-3-4-15(12-16)22(23)24;/h3-5,12-14,20H,6-11H2,1-2H3,(H2,18,19,21);1H. The molecule has 0 saturated heterocycles. The number of aliphatic imine (C=N–C) groups is 1. The van der Waals surface area contributed by atoms with Crippen LogP contribution in [-0.4, -0.2) is 45.5 Å². The van der Waals surface area contributed by atoms with E-state index in [1.165, 1.54) is 31.0 Å². The van der Waals surface area contributed by atoms with Gasteiger partial charge in [-0.2, -0.15) is 0 Å². The van der Waals surface area contributed by atoms with Crippen LogP contribution in [0.2, 0.25) is 0 Å². The van der Waals surface area contributed by atoms with Gasteiger partial charge in [-0.3, -0.25) is 15.1 Å². The van der Waals surface area contributed by atoms with Crippen LogP contribution in [0.4, 0.5) is 5.69 Å². The molecule has 0 atom stereocenters. The fourth-order valence-electron chi connectivity index (χ4n) is 3.01. The highest BCUT2D eigenvalue weighted by atomic mass is 127. The Labute approximate surface area is 183 Å². The monoisotopic (exact) mass is 525 g/mol. The number of hydrogen-bond acceptors (Lipinski definition) is 5. The molecular formula is C17H28IN5O4S. The second kappa shape index (κ2) is 11.5. The van der Waals surface area contributed by atoms with Gasteiger partial charge in [0.2, 0.25) is 10.0 Å². The lowest BCUT2D eigenvalue weighted by atomic mass is 9.87. The third-order valence-electron chi connectivity index (χ3n) is 4.63. The number of nitro benzene ring substituents is 1. The molecule has 0 bridgehead atoms. The van der Waals surface area contributed by atoms with Crippen molar-refractivity contribution < 1.29 is 13.3 Å². The zero-order chi connectivity index (χ0) is 19.9. The molecule has 0 heterocycles. The molecule has 1 fully saturated rings. The Balaban J connectivity index is 0.00000392. The number of rotatable bonds is 7. The van der Waals surface area contributed by atoms with E-state index in [1.54, 1.807) is 7.05 Å². The zero-order valence-corrected chi connectivity index (χ0v) is 19.2. The van der Waals surface area contributed by atoms with Crippen molar-refractivity contribution in [3.8, 4) is 0 Å². The van der Waals surface area contributed by atoms with Gasteiger partial charge in [0.25, 0.3) is 5.69 Å². The van der Waals surface area contributed by atoms with Crippen LogP contribution in [0.15, 0.2) is 34.2 Å². The maximum absolute atomic E-state index is 12.3. The summed E-state index contributed by atoms with van der Waals surface area (Å²) < 4.78 is 27.0. The Hall–Kier alpha value is -1.47. The quantitative estimate of drug-likeness (QED) is 0.125. The van der Waals surface area contributed by atoms with Gasteiger partial charge < -0.3 is 10.6 Å². The van der Waals surface area contributed by atoms with Gasteiger partial charge in [0.15, 0.2) is 5.96 Å². The van der Waals surface area contributed by atoms with Crippen LogP contribution in [0, 0.1) is 16.0 Å². The van der Waals surface area contributed by atoms with E-state index >= 15 is 0 Å². The van der Waals surface area contributed by atoms with Gasteiger partial charge in [0.1, 0.15) is 0 Å². The number of hydrogen-bond donors (Lipinski definition) is 3. The first-order valence-electron chi connectivity index (χ1n) is 9.03. The molecule has 1 aliphatic rings. The molecule has 2 rings (SSSR count). The second-order valence-electron chi connectivity index (χ2n) is 6.75. The van der Waals surface area contributed by atoms with Crippen LogP contribution >= 0.6 is 24.0 Å². The minimum Gasteiger partial charge on any atom is -0.355 e. The predicted molar refractivity (Wildman–Crippen MR) is 120 cm³/mol. The van der Waals surface area contributed by atoms with E-state index in [2.05, 4.69) is 27.3 Å². The first-order chi connectivity index (χ1) is 12.8. The molecule has 0 aromatic heterocycles.